The molecule has 0 aromatic carbocycles. The summed E-state index contributed by atoms with van der Waals surface area (Å²) in [6, 6.07) is 2.74. The van der Waals surface area contributed by atoms with Gasteiger partial charge in [0.05, 0.1) is 12.6 Å². The van der Waals surface area contributed by atoms with E-state index in [1.165, 1.54) is 38.5 Å². The Morgan fingerprint density at radius 1 is 1.07 bits per heavy atom. The van der Waals surface area contributed by atoms with Crippen molar-refractivity contribution in [2.75, 3.05) is 13.1 Å². The third-order valence-electron chi connectivity index (χ3n) is 2.80. The monoisotopic (exact) mass is 210 g/mol. The summed E-state index contributed by atoms with van der Waals surface area (Å²) in [5.74, 6) is 0. The molecule has 0 spiro atoms. The normalized spacial score (nSPS) is 10.9. The van der Waals surface area contributed by atoms with E-state index in [0.29, 0.717) is 12.6 Å². The number of hydrogen-bond acceptors (Lipinski definition) is 2. The van der Waals surface area contributed by atoms with E-state index in [1.807, 2.05) is 0 Å². The second-order valence-electron chi connectivity index (χ2n) is 4.49. The Hall–Kier alpha value is -0.550. The van der Waals surface area contributed by atoms with Gasteiger partial charge in [-0.3, -0.25) is 4.90 Å². The van der Waals surface area contributed by atoms with Crippen molar-refractivity contribution in [3.05, 3.63) is 0 Å². The van der Waals surface area contributed by atoms with Gasteiger partial charge in [0.1, 0.15) is 0 Å². The van der Waals surface area contributed by atoms with E-state index in [9.17, 15) is 0 Å². The van der Waals surface area contributed by atoms with E-state index in [4.69, 9.17) is 5.26 Å². The summed E-state index contributed by atoms with van der Waals surface area (Å²) < 4.78 is 0. The molecular formula is C13H26N2. The first-order valence-corrected chi connectivity index (χ1v) is 6.33. The summed E-state index contributed by atoms with van der Waals surface area (Å²) >= 11 is 0. The number of unbranched alkanes of at least 4 members (excludes halogenated alkanes) is 5. The first kappa shape index (κ1) is 14.5. The minimum atomic E-state index is 0.500. The van der Waals surface area contributed by atoms with Crippen LogP contribution < -0.4 is 0 Å². The fourth-order valence-electron chi connectivity index (χ4n) is 1.71. The first-order chi connectivity index (χ1) is 7.22. The molecule has 0 rings (SSSR count). The van der Waals surface area contributed by atoms with Crippen LogP contribution in [-0.2, 0) is 0 Å². The van der Waals surface area contributed by atoms with Crippen LogP contribution in [0.15, 0.2) is 0 Å². The number of nitriles is 1. The molecule has 0 heterocycles. The molecule has 2 nitrogen and oxygen atoms in total. The molecule has 2 heteroatoms. The SMILES string of the molecule is CCCCCCCCN(CC#N)C(C)C. The molecule has 0 atom stereocenters. The van der Waals surface area contributed by atoms with Crippen molar-refractivity contribution in [1.82, 2.24) is 4.90 Å². The average molecular weight is 210 g/mol. The van der Waals surface area contributed by atoms with E-state index >= 15 is 0 Å². The summed E-state index contributed by atoms with van der Waals surface area (Å²) in [6.45, 7) is 8.22. The zero-order valence-electron chi connectivity index (χ0n) is 10.6. The van der Waals surface area contributed by atoms with E-state index in [-0.39, 0.29) is 0 Å². The van der Waals surface area contributed by atoms with Crippen LogP contribution in [0.4, 0.5) is 0 Å². The fourth-order valence-corrected chi connectivity index (χ4v) is 1.71. The maximum absolute atomic E-state index is 8.67. The lowest BCUT2D eigenvalue weighted by Gasteiger charge is -2.23. The molecule has 0 saturated heterocycles. The summed E-state index contributed by atoms with van der Waals surface area (Å²) in [5, 5.41) is 8.67. The van der Waals surface area contributed by atoms with Gasteiger partial charge >= 0.3 is 0 Å². The highest BCUT2D eigenvalue weighted by Crippen LogP contribution is 2.07. The van der Waals surface area contributed by atoms with Gasteiger partial charge in [0.25, 0.3) is 0 Å². The van der Waals surface area contributed by atoms with Crippen LogP contribution in [0, 0.1) is 11.3 Å². The molecular weight excluding hydrogens is 184 g/mol. The summed E-state index contributed by atoms with van der Waals surface area (Å²) in [7, 11) is 0. The Kier molecular flexibility index (Phi) is 9.62. The fraction of sp³-hybridized carbons (Fsp3) is 0.923. The standard InChI is InChI=1S/C13H26N2/c1-4-5-6-7-8-9-11-15(12-10-14)13(2)3/h13H,4-9,11-12H2,1-3H3. The number of rotatable bonds is 9. The largest absolute Gasteiger partial charge is 0.288 e. The van der Waals surface area contributed by atoms with Gasteiger partial charge in [-0.2, -0.15) is 5.26 Å². The van der Waals surface area contributed by atoms with Crippen molar-refractivity contribution in [2.24, 2.45) is 0 Å². The van der Waals surface area contributed by atoms with E-state index in [1.54, 1.807) is 0 Å². The molecule has 0 saturated carbocycles. The van der Waals surface area contributed by atoms with Crippen molar-refractivity contribution in [3.63, 3.8) is 0 Å². The maximum atomic E-state index is 8.67. The van der Waals surface area contributed by atoms with Crippen molar-refractivity contribution < 1.29 is 0 Å². The smallest absolute Gasteiger partial charge is 0.0868 e. The topological polar surface area (TPSA) is 27.0 Å². The zero-order chi connectivity index (χ0) is 11.5. The average Bonchev–Trinajstić information content (AvgIpc) is 2.21. The highest BCUT2D eigenvalue weighted by Gasteiger charge is 2.07. The van der Waals surface area contributed by atoms with Gasteiger partial charge in [-0.1, -0.05) is 39.0 Å². The van der Waals surface area contributed by atoms with Gasteiger partial charge in [-0.15, -0.1) is 0 Å². The van der Waals surface area contributed by atoms with Crippen LogP contribution in [0.3, 0.4) is 0 Å². The Morgan fingerprint density at radius 2 is 1.67 bits per heavy atom. The molecule has 0 N–H and O–H groups in total. The summed E-state index contributed by atoms with van der Waals surface area (Å²) in [5.41, 5.74) is 0. The van der Waals surface area contributed by atoms with E-state index in [2.05, 4.69) is 31.7 Å². The Bertz CT molecular complexity index is 170. The molecule has 15 heavy (non-hydrogen) atoms. The van der Waals surface area contributed by atoms with Crippen molar-refractivity contribution >= 4 is 0 Å². The van der Waals surface area contributed by atoms with Gasteiger partial charge in [0, 0.05) is 6.04 Å². The van der Waals surface area contributed by atoms with Gasteiger partial charge in [0.2, 0.25) is 0 Å². The van der Waals surface area contributed by atoms with Crippen molar-refractivity contribution in [2.45, 2.75) is 65.3 Å². The van der Waals surface area contributed by atoms with E-state index < -0.39 is 0 Å². The van der Waals surface area contributed by atoms with Crippen LogP contribution in [-0.4, -0.2) is 24.0 Å². The maximum Gasteiger partial charge on any atom is 0.0868 e. The molecule has 0 aliphatic carbocycles. The second-order valence-corrected chi connectivity index (χ2v) is 4.49. The molecule has 0 aliphatic heterocycles. The van der Waals surface area contributed by atoms with Crippen LogP contribution in [0.2, 0.25) is 0 Å². The van der Waals surface area contributed by atoms with Crippen LogP contribution in [0.5, 0.6) is 0 Å². The molecule has 0 aliphatic rings. The van der Waals surface area contributed by atoms with Crippen molar-refractivity contribution in [1.29, 1.82) is 5.26 Å². The highest BCUT2D eigenvalue weighted by atomic mass is 15.1. The van der Waals surface area contributed by atoms with Gasteiger partial charge < -0.3 is 0 Å². The predicted octanol–water partition coefficient (Wildman–Crippen LogP) is 3.58. The second kappa shape index (κ2) is 9.98. The molecule has 0 unspecified atom stereocenters. The predicted molar refractivity (Wildman–Crippen MR) is 65.7 cm³/mol. The van der Waals surface area contributed by atoms with E-state index in [0.717, 1.165) is 6.54 Å². The lowest BCUT2D eigenvalue weighted by molar-refractivity contribution is 0.243. The highest BCUT2D eigenvalue weighted by molar-refractivity contribution is 4.78. The Balaban J connectivity index is 3.42. The summed E-state index contributed by atoms with van der Waals surface area (Å²) in [6.07, 6.45) is 7.96. The molecule has 0 bridgehead atoms. The van der Waals surface area contributed by atoms with Crippen LogP contribution >= 0.6 is 0 Å². The quantitative estimate of drug-likeness (QED) is 0.429. The minimum Gasteiger partial charge on any atom is -0.288 e. The van der Waals surface area contributed by atoms with Gasteiger partial charge in [0.15, 0.2) is 0 Å². The molecule has 0 fully saturated rings. The number of hydrogen-bond donors (Lipinski definition) is 0. The Labute approximate surface area is 95.3 Å². The van der Waals surface area contributed by atoms with Crippen LogP contribution in [0.1, 0.15) is 59.3 Å². The van der Waals surface area contributed by atoms with Gasteiger partial charge in [-0.25, -0.2) is 0 Å². The molecule has 0 radical (unpaired) electrons. The molecule has 88 valence electrons. The van der Waals surface area contributed by atoms with Gasteiger partial charge in [-0.05, 0) is 26.8 Å². The number of nitrogens with zero attached hydrogens (tertiary/aromatic N) is 2. The minimum absolute atomic E-state index is 0.500. The molecule has 0 aromatic heterocycles. The molecule has 0 aromatic rings. The Morgan fingerprint density at radius 3 is 2.20 bits per heavy atom. The lowest BCUT2D eigenvalue weighted by Crippen LogP contribution is -2.32. The zero-order valence-corrected chi connectivity index (χ0v) is 10.6. The third-order valence-corrected chi connectivity index (χ3v) is 2.80. The third kappa shape index (κ3) is 8.44. The van der Waals surface area contributed by atoms with Crippen molar-refractivity contribution in [3.8, 4) is 6.07 Å². The summed E-state index contributed by atoms with van der Waals surface area (Å²) in [4.78, 5) is 2.25. The first-order valence-electron chi connectivity index (χ1n) is 6.33. The lowest BCUT2D eigenvalue weighted by atomic mass is 10.1. The van der Waals surface area contributed by atoms with Crippen LogP contribution in [0.25, 0.3) is 0 Å². The molecule has 0 amide bonds.